The normalized spacial score (nSPS) is 23.2. The van der Waals surface area contributed by atoms with Crippen molar-refractivity contribution in [2.45, 2.75) is 63.8 Å². The lowest BCUT2D eigenvalue weighted by molar-refractivity contribution is -0.850. The van der Waals surface area contributed by atoms with Crippen LogP contribution < -0.4 is 9.80 Å². The monoisotopic (exact) mass is 591 g/mol. The van der Waals surface area contributed by atoms with Crippen molar-refractivity contribution in [3.8, 4) is 0 Å². The number of benzene rings is 3. The van der Waals surface area contributed by atoms with E-state index >= 15 is 0 Å². The third kappa shape index (κ3) is 6.13. The summed E-state index contributed by atoms with van der Waals surface area (Å²) in [6, 6.07) is 27.2. The Morgan fingerprint density at radius 1 is 0.864 bits per heavy atom. The first-order valence-corrected chi connectivity index (χ1v) is 15.4. The van der Waals surface area contributed by atoms with Crippen LogP contribution in [0, 0.1) is 0 Å². The average Bonchev–Trinajstić information content (AvgIpc) is 3.36. The van der Waals surface area contributed by atoms with Gasteiger partial charge in [0, 0.05) is 28.9 Å². The fourth-order valence-electron chi connectivity index (χ4n) is 7.17. The van der Waals surface area contributed by atoms with Crippen LogP contribution in [0.5, 0.6) is 0 Å². The Morgan fingerprint density at radius 3 is 2.20 bits per heavy atom. The number of rotatable bonds is 11. The molecule has 0 aromatic heterocycles. The largest absolute Gasteiger partial charge is 0.481 e. The van der Waals surface area contributed by atoms with Crippen molar-refractivity contribution in [1.82, 2.24) is 0 Å². The molecule has 0 amide bonds. The van der Waals surface area contributed by atoms with E-state index in [1.54, 1.807) is 0 Å². The van der Waals surface area contributed by atoms with Crippen LogP contribution in [0.4, 0.5) is 11.4 Å². The molecule has 0 bridgehead atoms. The molecule has 6 heteroatoms. The Kier molecular flexibility index (Phi) is 8.93. The molecule has 3 N–H and O–H groups in total. The Bertz CT molecular complexity index is 1620. The second-order valence-corrected chi connectivity index (χ2v) is 12.8. The van der Waals surface area contributed by atoms with Gasteiger partial charge in [0.1, 0.15) is 11.7 Å². The summed E-state index contributed by atoms with van der Waals surface area (Å²) in [5.41, 5.74) is 7.58. The highest BCUT2D eigenvalue weighted by Gasteiger charge is 2.50. The van der Waals surface area contributed by atoms with Gasteiger partial charge in [-0.05, 0) is 55.7 Å². The molecule has 0 saturated carbocycles. The van der Waals surface area contributed by atoms with Crippen LogP contribution in [0.2, 0.25) is 0 Å². The zero-order valence-electron chi connectivity index (χ0n) is 26.1. The number of carboxylic acids is 2. The topological polar surface area (TPSA) is 82.3 Å². The number of carbonyl (C=O) groups is 2. The van der Waals surface area contributed by atoms with E-state index in [2.05, 4.69) is 111 Å². The first-order chi connectivity index (χ1) is 21.0. The number of hydrogen-bond donors (Lipinski definition) is 3. The highest BCUT2D eigenvalue weighted by atomic mass is 16.4. The first-order valence-electron chi connectivity index (χ1n) is 15.4. The SMILES string of the molecule is CC(C=CC1[NH+](CCC(=O)O)c2ccccc2C1(C)Cc1ccccc1)=CC=C1N(CCC(=O)O)c2ccccc2C1(C)C. The van der Waals surface area contributed by atoms with Crippen LogP contribution >= 0.6 is 0 Å². The van der Waals surface area contributed by atoms with Gasteiger partial charge < -0.3 is 15.1 Å². The molecule has 3 unspecified atom stereocenters. The standard InChI is InChI=1S/C38H42N2O4/c1-27(18-20-33-37(2,3)29-14-8-10-16-31(29)39(33)24-22-35(41)42)19-21-34-38(4,26-28-12-6-5-7-13-28)30-15-9-11-17-32(30)40(34)25-23-36(43)44/h5-21,34H,22-26H2,1-4H3,(H,41,42)(H,43,44)/p+1. The molecule has 3 aromatic carbocycles. The lowest BCUT2D eigenvalue weighted by atomic mass is 9.73. The minimum absolute atomic E-state index is 0.0368. The average molecular weight is 592 g/mol. The van der Waals surface area contributed by atoms with Crippen molar-refractivity contribution in [2.24, 2.45) is 0 Å². The quantitative estimate of drug-likeness (QED) is 0.231. The maximum atomic E-state index is 11.7. The van der Waals surface area contributed by atoms with E-state index in [0.29, 0.717) is 13.1 Å². The number of nitrogens with zero attached hydrogens (tertiary/aromatic N) is 1. The van der Waals surface area contributed by atoms with Crippen LogP contribution in [-0.4, -0.2) is 41.3 Å². The molecular weight excluding hydrogens is 548 g/mol. The molecule has 2 heterocycles. The Morgan fingerprint density at radius 2 is 1.50 bits per heavy atom. The summed E-state index contributed by atoms with van der Waals surface area (Å²) in [5, 5.41) is 19.0. The fourth-order valence-corrected chi connectivity index (χ4v) is 7.17. The van der Waals surface area contributed by atoms with Crippen molar-refractivity contribution in [1.29, 1.82) is 0 Å². The van der Waals surface area contributed by atoms with Gasteiger partial charge in [0.2, 0.25) is 0 Å². The number of fused-ring (bicyclic) bond motifs is 2. The van der Waals surface area contributed by atoms with Crippen LogP contribution in [-0.2, 0) is 26.8 Å². The summed E-state index contributed by atoms with van der Waals surface area (Å²) in [5.74, 6) is -1.60. The summed E-state index contributed by atoms with van der Waals surface area (Å²) in [6.07, 6.45) is 9.66. The number of hydrogen-bond acceptors (Lipinski definition) is 3. The molecule has 6 nitrogen and oxygen atoms in total. The van der Waals surface area contributed by atoms with E-state index in [9.17, 15) is 19.8 Å². The van der Waals surface area contributed by atoms with Crippen molar-refractivity contribution in [3.05, 3.63) is 131 Å². The smallest absolute Gasteiger partial charge is 0.309 e. The van der Waals surface area contributed by atoms with Crippen molar-refractivity contribution in [2.75, 3.05) is 18.0 Å². The van der Waals surface area contributed by atoms with Crippen LogP contribution in [0.3, 0.4) is 0 Å². The molecule has 3 atom stereocenters. The maximum Gasteiger partial charge on any atom is 0.309 e. The molecule has 2 aliphatic heterocycles. The van der Waals surface area contributed by atoms with Gasteiger partial charge in [-0.15, -0.1) is 0 Å². The Balaban J connectivity index is 1.50. The lowest BCUT2D eigenvalue weighted by Gasteiger charge is -2.31. The van der Waals surface area contributed by atoms with Crippen LogP contribution in [0.1, 0.15) is 57.2 Å². The number of carboxylic acid groups (broad SMARTS) is 2. The van der Waals surface area contributed by atoms with Gasteiger partial charge >= 0.3 is 11.9 Å². The predicted octanol–water partition coefficient (Wildman–Crippen LogP) is 6.22. The molecule has 44 heavy (non-hydrogen) atoms. The molecule has 3 aromatic rings. The predicted molar refractivity (Wildman–Crippen MR) is 176 cm³/mol. The van der Waals surface area contributed by atoms with E-state index in [1.807, 2.05) is 24.3 Å². The number of quaternary nitrogens is 1. The number of anilines is 1. The molecule has 0 fully saturated rings. The van der Waals surface area contributed by atoms with Gasteiger partial charge in [-0.3, -0.25) is 14.5 Å². The number of allylic oxidation sites excluding steroid dienone is 5. The van der Waals surface area contributed by atoms with Crippen molar-refractivity contribution < 1.29 is 24.7 Å². The van der Waals surface area contributed by atoms with Crippen LogP contribution in [0.15, 0.2) is 114 Å². The molecule has 2 aliphatic rings. The van der Waals surface area contributed by atoms with E-state index in [-0.39, 0.29) is 29.7 Å². The zero-order valence-corrected chi connectivity index (χ0v) is 26.1. The summed E-state index contributed by atoms with van der Waals surface area (Å²) in [6.45, 7) is 9.67. The number of para-hydroxylation sites is 2. The van der Waals surface area contributed by atoms with E-state index in [0.717, 1.165) is 23.4 Å². The summed E-state index contributed by atoms with van der Waals surface area (Å²) >= 11 is 0. The van der Waals surface area contributed by atoms with Gasteiger partial charge in [0.25, 0.3) is 0 Å². The summed E-state index contributed by atoms with van der Waals surface area (Å²) in [4.78, 5) is 26.5. The minimum Gasteiger partial charge on any atom is -0.481 e. The molecule has 0 aliphatic carbocycles. The van der Waals surface area contributed by atoms with Crippen LogP contribution in [0.25, 0.3) is 0 Å². The molecular formula is C38H43N2O4+. The Labute approximate surface area is 260 Å². The molecule has 228 valence electrons. The molecule has 0 saturated heterocycles. The second kappa shape index (κ2) is 12.7. The van der Waals surface area contributed by atoms with Gasteiger partial charge in [0.05, 0.1) is 24.8 Å². The summed E-state index contributed by atoms with van der Waals surface area (Å²) in [7, 11) is 0. The highest BCUT2D eigenvalue weighted by molar-refractivity contribution is 5.73. The van der Waals surface area contributed by atoms with Gasteiger partial charge in [-0.2, -0.15) is 0 Å². The lowest BCUT2D eigenvalue weighted by Crippen LogP contribution is -3.11. The van der Waals surface area contributed by atoms with E-state index in [1.165, 1.54) is 27.3 Å². The van der Waals surface area contributed by atoms with Gasteiger partial charge in [-0.1, -0.05) is 98.3 Å². The number of aliphatic carboxylic acids is 2. The minimum atomic E-state index is -0.813. The number of nitrogens with one attached hydrogen (secondary N) is 1. The van der Waals surface area contributed by atoms with Crippen molar-refractivity contribution >= 4 is 23.3 Å². The van der Waals surface area contributed by atoms with Gasteiger partial charge in [0.15, 0.2) is 0 Å². The van der Waals surface area contributed by atoms with E-state index in [4.69, 9.17) is 0 Å². The Hall–Kier alpha value is -4.42. The highest BCUT2D eigenvalue weighted by Crippen LogP contribution is 2.47. The maximum absolute atomic E-state index is 11.7. The molecule has 0 spiro atoms. The third-order valence-corrected chi connectivity index (χ3v) is 9.38. The first kappa shape index (κ1) is 31.0. The fraction of sp³-hybridized carbons (Fsp3) is 0.316. The molecule has 5 rings (SSSR count). The van der Waals surface area contributed by atoms with Crippen molar-refractivity contribution in [3.63, 3.8) is 0 Å². The van der Waals surface area contributed by atoms with E-state index < -0.39 is 11.9 Å². The third-order valence-electron chi connectivity index (χ3n) is 9.38. The summed E-state index contributed by atoms with van der Waals surface area (Å²) < 4.78 is 0. The van der Waals surface area contributed by atoms with Gasteiger partial charge in [-0.25, -0.2) is 0 Å². The zero-order chi connectivity index (χ0) is 31.5. The second-order valence-electron chi connectivity index (χ2n) is 12.8. The molecule has 0 radical (unpaired) electrons.